The molecule has 1 N–H and O–H groups in total. The Morgan fingerprint density at radius 1 is 1.17 bits per heavy atom. The summed E-state index contributed by atoms with van der Waals surface area (Å²) in [6, 6.07) is 4.44. The van der Waals surface area contributed by atoms with Gasteiger partial charge in [-0.1, -0.05) is 32.6 Å². The van der Waals surface area contributed by atoms with Gasteiger partial charge in [0, 0.05) is 16.3 Å². The predicted molar refractivity (Wildman–Crippen MR) is 78.0 cm³/mol. The second-order valence-corrected chi connectivity index (χ2v) is 6.33. The van der Waals surface area contributed by atoms with Gasteiger partial charge in [-0.3, -0.25) is 0 Å². The molecule has 1 aromatic heterocycles. The lowest BCUT2D eigenvalue weighted by Crippen LogP contribution is -2.11. The van der Waals surface area contributed by atoms with Gasteiger partial charge in [-0.2, -0.15) is 0 Å². The monoisotopic (exact) mass is 267 g/mol. The molecule has 0 spiro atoms. The third-order valence-electron chi connectivity index (χ3n) is 3.53. The Bertz CT molecular complexity index is 329. The van der Waals surface area contributed by atoms with Crippen LogP contribution in [-0.2, 0) is 17.9 Å². The Morgan fingerprint density at radius 3 is 2.61 bits per heavy atom. The Balaban J connectivity index is 1.73. The van der Waals surface area contributed by atoms with Crippen LogP contribution in [0.25, 0.3) is 0 Å². The molecule has 0 aliphatic heterocycles. The summed E-state index contributed by atoms with van der Waals surface area (Å²) in [4.78, 5) is 2.78. The van der Waals surface area contributed by atoms with Crippen molar-refractivity contribution in [3.63, 3.8) is 0 Å². The average Bonchev–Trinajstić information content (AvgIpc) is 2.68. The molecule has 1 saturated carbocycles. The molecule has 1 heterocycles. The van der Waals surface area contributed by atoms with Crippen LogP contribution < -0.4 is 5.32 Å². The molecule has 0 atom stereocenters. The van der Waals surface area contributed by atoms with Crippen LogP contribution in [0.5, 0.6) is 0 Å². The minimum Gasteiger partial charge on any atom is -0.373 e. The van der Waals surface area contributed by atoms with Crippen LogP contribution in [0.15, 0.2) is 12.1 Å². The Morgan fingerprint density at radius 2 is 1.89 bits per heavy atom. The quantitative estimate of drug-likeness (QED) is 0.784. The van der Waals surface area contributed by atoms with Crippen LogP contribution in [-0.4, -0.2) is 12.6 Å². The maximum Gasteiger partial charge on any atom is 0.0813 e. The molecular formula is C15H25NOS. The SMILES string of the molecule is CCNCc1ccc(COC2CCCCCC2)s1. The van der Waals surface area contributed by atoms with Crippen molar-refractivity contribution < 1.29 is 4.74 Å². The zero-order valence-corrected chi connectivity index (χ0v) is 12.2. The van der Waals surface area contributed by atoms with E-state index in [9.17, 15) is 0 Å². The molecule has 1 aliphatic carbocycles. The normalized spacial score (nSPS) is 17.8. The summed E-state index contributed by atoms with van der Waals surface area (Å²) in [7, 11) is 0. The summed E-state index contributed by atoms with van der Waals surface area (Å²) < 4.78 is 6.06. The first-order valence-electron chi connectivity index (χ1n) is 7.28. The number of hydrogen-bond donors (Lipinski definition) is 1. The highest BCUT2D eigenvalue weighted by molar-refractivity contribution is 7.11. The molecule has 1 fully saturated rings. The van der Waals surface area contributed by atoms with Crippen molar-refractivity contribution in [1.29, 1.82) is 0 Å². The van der Waals surface area contributed by atoms with Gasteiger partial charge >= 0.3 is 0 Å². The van der Waals surface area contributed by atoms with E-state index < -0.39 is 0 Å². The number of nitrogens with one attached hydrogen (secondary N) is 1. The van der Waals surface area contributed by atoms with Crippen molar-refractivity contribution in [3.8, 4) is 0 Å². The van der Waals surface area contributed by atoms with E-state index in [0.29, 0.717) is 6.10 Å². The minimum atomic E-state index is 0.506. The van der Waals surface area contributed by atoms with Crippen LogP contribution >= 0.6 is 11.3 Å². The summed E-state index contributed by atoms with van der Waals surface area (Å²) in [5.41, 5.74) is 0. The smallest absolute Gasteiger partial charge is 0.0813 e. The van der Waals surface area contributed by atoms with Gasteiger partial charge in [0.2, 0.25) is 0 Å². The van der Waals surface area contributed by atoms with Gasteiger partial charge in [0.05, 0.1) is 12.7 Å². The molecule has 18 heavy (non-hydrogen) atoms. The molecule has 1 aliphatic rings. The Labute approximate surface area is 115 Å². The van der Waals surface area contributed by atoms with Crippen LogP contribution in [0.2, 0.25) is 0 Å². The van der Waals surface area contributed by atoms with Gasteiger partial charge in [-0.25, -0.2) is 0 Å². The Hall–Kier alpha value is -0.380. The number of rotatable bonds is 6. The highest BCUT2D eigenvalue weighted by atomic mass is 32.1. The molecule has 102 valence electrons. The van der Waals surface area contributed by atoms with Gasteiger partial charge in [0.25, 0.3) is 0 Å². The van der Waals surface area contributed by atoms with Crippen molar-refractivity contribution in [2.75, 3.05) is 6.54 Å². The van der Waals surface area contributed by atoms with E-state index in [0.717, 1.165) is 19.7 Å². The summed E-state index contributed by atoms with van der Waals surface area (Å²) in [5.74, 6) is 0. The Kier molecular flexibility index (Phi) is 6.18. The van der Waals surface area contributed by atoms with Crippen LogP contribution in [0, 0.1) is 0 Å². The molecule has 2 rings (SSSR count). The van der Waals surface area contributed by atoms with Gasteiger partial charge in [0.1, 0.15) is 0 Å². The highest BCUT2D eigenvalue weighted by Crippen LogP contribution is 2.23. The maximum atomic E-state index is 6.06. The lowest BCUT2D eigenvalue weighted by atomic mass is 10.1. The molecule has 1 aromatic rings. The fourth-order valence-corrected chi connectivity index (χ4v) is 3.36. The lowest BCUT2D eigenvalue weighted by molar-refractivity contribution is 0.0324. The molecule has 3 heteroatoms. The third-order valence-corrected chi connectivity index (χ3v) is 4.59. The second-order valence-electron chi connectivity index (χ2n) is 5.07. The van der Waals surface area contributed by atoms with Crippen molar-refractivity contribution in [2.24, 2.45) is 0 Å². The van der Waals surface area contributed by atoms with Gasteiger partial charge in [0.15, 0.2) is 0 Å². The van der Waals surface area contributed by atoms with E-state index in [1.54, 1.807) is 0 Å². The zero-order chi connectivity index (χ0) is 12.6. The van der Waals surface area contributed by atoms with E-state index in [4.69, 9.17) is 4.74 Å². The van der Waals surface area contributed by atoms with Crippen molar-refractivity contribution in [1.82, 2.24) is 5.32 Å². The minimum absolute atomic E-state index is 0.506. The van der Waals surface area contributed by atoms with E-state index in [2.05, 4.69) is 24.4 Å². The fraction of sp³-hybridized carbons (Fsp3) is 0.733. The van der Waals surface area contributed by atoms with Crippen LogP contribution in [0.4, 0.5) is 0 Å². The van der Waals surface area contributed by atoms with Crippen molar-refractivity contribution in [2.45, 2.75) is 64.7 Å². The molecule has 2 nitrogen and oxygen atoms in total. The lowest BCUT2D eigenvalue weighted by Gasteiger charge is -2.14. The average molecular weight is 267 g/mol. The van der Waals surface area contributed by atoms with Crippen LogP contribution in [0.1, 0.15) is 55.2 Å². The summed E-state index contributed by atoms with van der Waals surface area (Å²) >= 11 is 1.88. The largest absolute Gasteiger partial charge is 0.373 e. The number of hydrogen-bond acceptors (Lipinski definition) is 3. The van der Waals surface area contributed by atoms with Crippen molar-refractivity contribution in [3.05, 3.63) is 21.9 Å². The first-order valence-corrected chi connectivity index (χ1v) is 8.10. The number of thiophene rings is 1. The van der Waals surface area contributed by atoms with E-state index >= 15 is 0 Å². The molecule has 0 saturated heterocycles. The van der Waals surface area contributed by atoms with Crippen LogP contribution in [0.3, 0.4) is 0 Å². The van der Waals surface area contributed by atoms with E-state index in [1.807, 2.05) is 11.3 Å². The predicted octanol–water partition coefficient (Wildman–Crippen LogP) is 4.10. The third kappa shape index (κ3) is 4.71. The summed E-state index contributed by atoms with van der Waals surface area (Å²) in [6.07, 6.45) is 8.51. The molecule has 0 amide bonds. The second kappa shape index (κ2) is 7.93. The fourth-order valence-electron chi connectivity index (χ4n) is 2.45. The molecular weight excluding hydrogens is 242 g/mol. The zero-order valence-electron chi connectivity index (χ0n) is 11.4. The highest BCUT2D eigenvalue weighted by Gasteiger charge is 2.12. The first-order chi connectivity index (χ1) is 8.88. The van der Waals surface area contributed by atoms with Gasteiger partial charge in [-0.05, 0) is 31.5 Å². The standard InChI is InChI=1S/C15H25NOS/c1-2-16-11-14-9-10-15(18-14)12-17-13-7-5-3-4-6-8-13/h9-10,13,16H,2-8,11-12H2,1H3. The molecule has 0 unspecified atom stereocenters. The topological polar surface area (TPSA) is 21.3 Å². The molecule has 0 aromatic carbocycles. The van der Waals surface area contributed by atoms with E-state index in [1.165, 1.54) is 48.3 Å². The maximum absolute atomic E-state index is 6.06. The van der Waals surface area contributed by atoms with E-state index in [-0.39, 0.29) is 0 Å². The van der Waals surface area contributed by atoms with Gasteiger partial charge < -0.3 is 10.1 Å². The number of ether oxygens (including phenoxy) is 1. The first kappa shape index (κ1) is 14.0. The summed E-state index contributed by atoms with van der Waals surface area (Å²) in [5, 5.41) is 3.36. The van der Waals surface area contributed by atoms with Gasteiger partial charge in [-0.15, -0.1) is 11.3 Å². The molecule has 0 bridgehead atoms. The van der Waals surface area contributed by atoms with Crippen molar-refractivity contribution >= 4 is 11.3 Å². The molecule has 0 radical (unpaired) electrons. The summed E-state index contributed by atoms with van der Waals surface area (Å²) in [6.45, 7) is 4.97.